The van der Waals surface area contributed by atoms with E-state index in [0.717, 1.165) is 17.7 Å². The van der Waals surface area contributed by atoms with Gasteiger partial charge in [-0.15, -0.1) is 0 Å². The molecule has 0 aliphatic carbocycles. The number of rotatable bonds is 9. The van der Waals surface area contributed by atoms with Crippen LogP contribution in [0.4, 0.5) is 15.9 Å². The summed E-state index contributed by atoms with van der Waals surface area (Å²) in [6.07, 6.45) is 7.10. The van der Waals surface area contributed by atoms with Crippen LogP contribution in [0, 0.1) is 18.7 Å². The van der Waals surface area contributed by atoms with Crippen LogP contribution < -0.4 is 21.1 Å². The van der Waals surface area contributed by atoms with Crippen LogP contribution in [0.25, 0.3) is 16.9 Å². The van der Waals surface area contributed by atoms with E-state index in [1.165, 1.54) is 13.2 Å². The first kappa shape index (κ1) is 29.0. The maximum atomic E-state index is 14.3. The number of hydrogen-bond acceptors (Lipinski definition) is 7. The zero-order valence-corrected chi connectivity index (χ0v) is 24.1. The molecule has 2 aromatic carbocycles. The second-order valence-electron chi connectivity index (χ2n) is 10.7. The Kier molecular flexibility index (Phi) is 8.67. The van der Waals surface area contributed by atoms with Gasteiger partial charge in [0, 0.05) is 54.3 Å². The average molecular weight is 574 g/mol. The fraction of sp³-hybridized carbons (Fsp3) is 0.355. The van der Waals surface area contributed by atoms with Gasteiger partial charge in [-0.2, -0.15) is 0 Å². The van der Waals surface area contributed by atoms with Gasteiger partial charge in [-0.25, -0.2) is 14.4 Å². The fourth-order valence-electron chi connectivity index (χ4n) is 5.36. The minimum absolute atomic E-state index is 0.0408. The minimum Gasteiger partial charge on any atom is -0.494 e. The van der Waals surface area contributed by atoms with E-state index in [-0.39, 0.29) is 29.5 Å². The lowest BCUT2D eigenvalue weighted by molar-refractivity contribution is -0.126. The van der Waals surface area contributed by atoms with E-state index in [4.69, 9.17) is 10.5 Å². The predicted octanol–water partition coefficient (Wildman–Crippen LogP) is 4.30. The number of fused-ring (bicyclic) bond motifs is 1. The molecule has 0 spiro atoms. The Hall–Kier alpha value is -4.51. The molecule has 2 amide bonds. The number of amides is 2. The molecule has 1 aliphatic heterocycles. The number of methoxy groups -OCH3 is 1. The van der Waals surface area contributed by atoms with Crippen molar-refractivity contribution in [3.63, 3.8) is 0 Å². The number of aryl methyl sites for hydroxylation is 1. The Bertz CT molecular complexity index is 1600. The summed E-state index contributed by atoms with van der Waals surface area (Å²) in [6.45, 7) is 5.46. The number of carbonyl (C=O) groups is 2. The van der Waals surface area contributed by atoms with Gasteiger partial charge in [-0.3, -0.25) is 14.0 Å². The quantitative estimate of drug-likeness (QED) is 0.272. The van der Waals surface area contributed by atoms with Crippen molar-refractivity contribution in [2.24, 2.45) is 11.7 Å². The van der Waals surface area contributed by atoms with Crippen LogP contribution in [-0.2, 0) is 4.79 Å². The highest BCUT2D eigenvalue weighted by Crippen LogP contribution is 2.29. The lowest BCUT2D eigenvalue weighted by Crippen LogP contribution is -2.45. The van der Waals surface area contributed by atoms with E-state index in [1.807, 2.05) is 41.3 Å². The number of imidazole rings is 1. The molecule has 42 heavy (non-hydrogen) atoms. The van der Waals surface area contributed by atoms with Crippen molar-refractivity contribution in [2.75, 3.05) is 32.1 Å². The molecule has 5 rings (SSSR count). The molecular formula is C31H36FN7O3. The SMILES string of the molecule is COc1ccc(-c2cnc3c(Nc4ccc(C(=O)N5CCC(C(=O)N[C@H](C)CCN)CC5)c(C)c4)nccn23)cc1F. The molecule has 4 aromatic rings. The second-order valence-corrected chi connectivity index (χ2v) is 10.7. The number of nitrogens with zero attached hydrogens (tertiary/aromatic N) is 4. The normalized spacial score (nSPS) is 14.5. The predicted molar refractivity (Wildman–Crippen MR) is 159 cm³/mol. The number of carbonyl (C=O) groups excluding carboxylic acids is 2. The fourth-order valence-corrected chi connectivity index (χ4v) is 5.36. The Labute approximate surface area is 244 Å². The van der Waals surface area contributed by atoms with Gasteiger partial charge in [0.05, 0.1) is 19.0 Å². The third-order valence-corrected chi connectivity index (χ3v) is 7.74. The molecule has 1 fully saturated rings. The summed E-state index contributed by atoms with van der Waals surface area (Å²) in [5.74, 6) is 0.152. The van der Waals surface area contributed by atoms with E-state index in [1.54, 1.807) is 30.7 Å². The molecule has 1 saturated heterocycles. The minimum atomic E-state index is -0.453. The van der Waals surface area contributed by atoms with Crippen molar-refractivity contribution in [1.82, 2.24) is 24.6 Å². The first-order valence-electron chi connectivity index (χ1n) is 14.1. The number of anilines is 2. The highest BCUT2D eigenvalue weighted by atomic mass is 19.1. The van der Waals surface area contributed by atoms with Crippen molar-refractivity contribution < 1.29 is 18.7 Å². The van der Waals surface area contributed by atoms with Gasteiger partial charge in [0.15, 0.2) is 23.0 Å². The van der Waals surface area contributed by atoms with Crippen LogP contribution in [-0.4, -0.2) is 63.9 Å². The zero-order chi connectivity index (χ0) is 29.8. The number of aromatic nitrogens is 3. The smallest absolute Gasteiger partial charge is 0.254 e. The van der Waals surface area contributed by atoms with Crippen LogP contribution >= 0.6 is 0 Å². The Balaban J connectivity index is 1.26. The Morgan fingerprint density at radius 3 is 2.64 bits per heavy atom. The molecule has 3 heterocycles. The highest BCUT2D eigenvalue weighted by Gasteiger charge is 2.29. The zero-order valence-electron chi connectivity index (χ0n) is 24.1. The van der Waals surface area contributed by atoms with E-state index >= 15 is 0 Å². The van der Waals surface area contributed by atoms with E-state index in [2.05, 4.69) is 20.6 Å². The molecule has 10 nitrogen and oxygen atoms in total. The molecule has 2 aromatic heterocycles. The topological polar surface area (TPSA) is 127 Å². The summed E-state index contributed by atoms with van der Waals surface area (Å²) in [4.78, 5) is 36.7. The molecule has 0 saturated carbocycles. The number of ether oxygens (including phenoxy) is 1. The Morgan fingerprint density at radius 1 is 1.17 bits per heavy atom. The van der Waals surface area contributed by atoms with Gasteiger partial charge in [0.1, 0.15) is 0 Å². The lowest BCUT2D eigenvalue weighted by Gasteiger charge is -2.32. The van der Waals surface area contributed by atoms with Crippen LogP contribution in [0.2, 0.25) is 0 Å². The maximum absolute atomic E-state index is 14.3. The molecule has 0 bridgehead atoms. The van der Waals surface area contributed by atoms with Crippen molar-refractivity contribution >= 4 is 29.0 Å². The summed E-state index contributed by atoms with van der Waals surface area (Å²) in [6, 6.07) is 10.4. The summed E-state index contributed by atoms with van der Waals surface area (Å²) in [7, 11) is 1.43. The molecule has 0 unspecified atom stereocenters. The van der Waals surface area contributed by atoms with Gasteiger partial charge < -0.3 is 26.0 Å². The number of piperidine rings is 1. The lowest BCUT2D eigenvalue weighted by atomic mass is 9.94. The molecule has 220 valence electrons. The van der Waals surface area contributed by atoms with Crippen molar-refractivity contribution in [1.29, 1.82) is 0 Å². The highest BCUT2D eigenvalue weighted by molar-refractivity contribution is 5.96. The third-order valence-electron chi connectivity index (χ3n) is 7.74. The van der Waals surface area contributed by atoms with E-state index in [0.29, 0.717) is 60.8 Å². The largest absolute Gasteiger partial charge is 0.494 e. The summed E-state index contributed by atoms with van der Waals surface area (Å²) < 4.78 is 21.2. The van der Waals surface area contributed by atoms with E-state index < -0.39 is 5.82 Å². The number of likely N-dealkylation sites (tertiary alicyclic amines) is 1. The average Bonchev–Trinajstić information content (AvgIpc) is 3.42. The summed E-state index contributed by atoms with van der Waals surface area (Å²) >= 11 is 0. The van der Waals surface area contributed by atoms with Gasteiger partial charge in [0.25, 0.3) is 5.91 Å². The molecule has 11 heteroatoms. The summed E-state index contributed by atoms with van der Waals surface area (Å²) in [5, 5.41) is 6.33. The third kappa shape index (κ3) is 6.06. The first-order valence-corrected chi connectivity index (χ1v) is 14.1. The van der Waals surface area contributed by atoms with Crippen LogP contribution in [0.3, 0.4) is 0 Å². The van der Waals surface area contributed by atoms with Crippen molar-refractivity contribution in [3.8, 4) is 17.0 Å². The van der Waals surface area contributed by atoms with Gasteiger partial charge in [-0.05, 0) is 81.6 Å². The number of halogens is 1. The first-order chi connectivity index (χ1) is 20.3. The molecule has 4 N–H and O–H groups in total. The van der Waals surface area contributed by atoms with Gasteiger partial charge in [0.2, 0.25) is 5.91 Å². The molecule has 1 atom stereocenters. The Morgan fingerprint density at radius 2 is 1.95 bits per heavy atom. The van der Waals surface area contributed by atoms with Gasteiger partial charge >= 0.3 is 0 Å². The number of nitrogens with two attached hydrogens (primary N) is 1. The number of nitrogens with one attached hydrogen (secondary N) is 2. The van der Waals surface area contributed by atoms with Crippen LogP contribution in [0.1, 0.15) is 42.1 Å². The van der Waals surface area contributed by atoms with Crippen LogP contribution in [0.5, 0.6) is 5.75 Å². The van der Waals surface area contributed by atoms with Crippen molar-refractivity contribution in [2.45, 2.75) is 39.2 Å². The standard InChI is InChI=1S/C31H36FN7O3/c1-19-16-23(5-6-24(19)31(41)38-13-9-21(10-14-38)30(40)36-20(2)8-11-33)37-28-29-35-18-26(39(29)15-12-34-28)22-4-7-27(42-3)25(32)17-22/h4-7,12,15-18,20-21H,8-11,13-14,33H2,1-3H3,(H,34,37)(H,36,40)/t20-/m1/s1. The molecule has 0 radical (unpaired) electrons. The number of benzene rings is 2. The summed E-state index contributed by atoms with van der Waals surface area (Å²) in [5.41, 5.74) is 9.73. The van der Waals surface area contributed by atoms with Crippen molar-refractivity contribution in [3.05, 3.63) is 71.9 Å². The monoisotopic (exact) mass is 573 g/mol. The molecular weight excluding hydrogens is 537 g/mol. The molecule has 1 aliphatic rings. The maximum Gasteiger partial charge on any atom is 0.254 e. The van der Waals surface area contributed by atoms with Crippen LogP contribution in [0.15, 0.2) is 55.0 Å². The van der Waals surface area contributed by atoms with E-state index in [9.17, 15) is 14.0 Å². The number of hydrogen-bond donors (Lipinski definition) is 3. The van der Waals surface area contributed by atoms with Gasteiger partial charge in [-0.1, -0.05) is 0 Å². The second kappa shape index (κ2) is 12.6.